The molecule has 0 saturated heterocycles. The first-order valence-electron chi connectivity index (χ1n) is 6.25. The summed E-state index contributed by atoms with van der Waals surface area (Å²) in [5.41, 5.74) is -1.51. The molecule has 0 amide bonds. The van der Waals surface area contributed by atoms with Crippen LogP contribution in [0.25, 0.3) is 22.2 Å². The number of nitrogens with one attached hydrogen (secondary N) is 1. The fourth-order valence-corrected chi connectivity index (χ4v) is 2.23. The van der Waals surface area contributed by atoms with Crippen LogP contribution in [0, 0.1) is 0 Å². The van der Waals surface area contributed by atoms with Gasteiger partial charge in [0.15, 0.2) is 0 Å². The summed E-state index contributed by atoms with van der Waals surface area (Å²) in [5.74, 6) is -0.344. The lowest BCUT2D eigenvalue weighted by molar-refractivity contribution is -0.137. The van der Waals surface area contributed by atoms with Gasteiger partial charge in [-0.3, -0.25) is 9.78 Å². The predicted molar refractivity (Wildman–Crippen MR) is 74.5 cm³/mol. The molecule has 0 radical (unpaired) electrons. The average Bonchev–Trinajstić information content (AvgIpc) is 2.46. The van der Waals surface area contributed by atoms with Crippen molar-refractivity contribution in [2.75, 3.05) is 0 Å². The molecule has 0 bridgehead atoms. The van der Waals surface area contributed by atoms with Crippen molar-refractivity contribution in [3.63, 3.8) is 0 Å². The number of halogens is 3. The molecule has 0 atom stereocenters. The summed E-state index contributed by atoms with van der Waals surface area (Å²) >= 11 is 0. The third-order valence-electron chi connectivity index (χ3n) is 3.21. The Morgan fingerprint density at radius 2 is 1.91 bits per heavy atom. The number of alkyl halides is 3. The first-order chi connectivity index (χ1) is 10.4. The number of hydrogen-bond acceptors (Lipinski definition) is 3. The molecule has 22 heavy (non-hydrogen) atoms. The minimum absolute atomic E-state index is 0.0951. The molecular formula is C15H9F3N2O2. The maximum absolute atomic E-state index is 13.1. The molecule has 1 aromatic carbocycles. The number of benzene rings is 1. The van der Waals surface area contributed by atoms with Crippen LogP contribution in [0.1, 0.15) is 5.56 Å². The highest BCUT2D eigenvalue weighted by Gasteiger charge is 2.34. The number of aromatic nitrogens is 2. The van der Waals surface area contributed by atoms with Gasteiger partial charge < -0.3 is 10.1 Å². The standard InChI is InChI=1S/C15H9F3N2O2/c16-15(17,18)10-2-1-5-19-14(10)9-7-11-8(6-12(9)21)3-4-13(22)20-11/h1-7,21H,(H,20,22). The predicted octanol–water partition coefficient (Wildman–Crippen LogP) is 3.31. The van der Waals surface area contributed by atoms with Crippen LogP contribution in [0.2, 0.25) is 0 Å². The van der Waals surface area contributed by atoms with E-state index in [0.29, 0.717) is 10.9 Å². The van der Waals surface area contributed by atoms with E-state index in [9.17, 15) is 23.1 Å². The molecule has 4 nitrogen and oxygen atoms in total. The lowest BCUT2D eigenvalue weighted by atomic mass is 10.0. The van der Waals surface area contributed by atoms with Crippen molar-refractivity contribution in [2.45, 2.75) is 6.18 Å². The minimum atomic E-state index is -4.60. The van der Waals surface area contributed by atoms with Gasteiger partial charge >= 0.3 is 6.18 Å². The first-order valence-corrected chi connectivity index (χ1v) is 6.25. The summed E-state index contributed by atoms with van der Waals surface area (Å²) in [4.78, 5) is 17.6. The number of rotatable bonds is 1. The Labute approximate surface area is 121 Å². The van der Waals surface area contributed by atoms with E-state index in [4.69, 9.17) is 0 Å². The molecule has 0 fully saturated rings. The fourth-order valence-electron chi connectivity index (χ4n) is 2.23. The molecule has 0 aliphatic rings. The van der Waals surface area contributed by atoms with Crippen LogP contribution < -0.4 is 5.56 Å². The molecular weight excluding hydrogens is 297 g/mol. The quantitative estimate of drug-likeness (QED) is 0.725. The monoisotopic (exact) mass is 306 g/mol. The summed E-state index contributed by atoms with van der Waals surface area (Å²) in [7, 11) is 0. The largest absolute Gasteiger partial charge is 0.507 e. The molecule has 3 rings (SSSR count). The molecule has 0 aliphatic heterocycles. The summed E-state index contributed by atoms with van der Waals surface area (Å²) in [6.07, 6.45) is -3.39. The van der Waals surface area contributed by atoms with Crippen molar-refractivity contribution < 1.29 is 18.3 Å². The van der Waals surface area contributed by atoms with Crippen molar-refractivity contribution in [1.29, 1.82) is 0 Å². The summed E-state index contributed by atoms with van der Waals surface area (Å²) in [6, 6.07) is 7.37. The Morgan fingerprint density at radius 3 is 2.64 bits per heavy atom. The van der Waals surface area contributed by atoms with Gasteiger partial charge in [-0.25, -0.2) is 0 Å². The Balaban J connectivity index is 2.31. The molecule has 2 N–H and O–H groups in total. The van der Waals surface area contributed by atoms with Gasteiger partial charge in [-0.2, -0.15) is 13.2 Å². The number of pyridine rings is 2. The lowest BCUT2D eigenvalue weighted by Crippen LogP contribution is -2.08. The molecule has 0 saturated carbocycles. The Kier molecular flexibility index (Phi) is 3.13. The van der Waals surface area contributed by atoms with E-state index in [2.05, 4.69) is 9.97 Å². The molecule has 0 spiro atoms. The zero-order valence-corrected chi connectivity index (χ0v) is 11.0. The highest BCUT2D eigenvalue weighted by Crippen LogP contribution is 2.39. The van der Waals surface area contributed by atoms with Crippen molar-refractivity contribution in [1.82, 2.24) is 9.97 Å². The number of aromatic hydroxyl groups is 1. The van der Waals surface area contributed by atoms with Crippen LogP contribution in [0.4, 0.5) is 13.2 Å². The number of fused-ring (bicyclic) bond motifs is 1. The molecule has 2 aromatic heterocycles. The van der Waals surface area contributed by atoms with Crippen molar-refractivity contribution >= 4 is 10.9 Å². The van der Waals surface area contributed by atoms with Gasteiger partial charge in [-0.05, 0) is 30.3 Å². The van der Waals surface area contributed by atoms with Gasteiger partial charge in [0.1, 0.15) is 5.75 Å². The fraction of sp³-hybridized carbons (Fsp3) is 0.0667. The van der Waals surface area contributed by atoms with Crippen LogP contribution in [0.15, 0.2) is 47.4 Å². The van der Waals surface area contributed by atoms with Crippen LogP contribution in [-0.2, 0) is 6.18 Å². The van der Waals surface area contributed by atoms with Gasteiger partial charge in [-0.1, -0.05) is 0 Å². The number of phenolic OH excluding ortho intramolecular Hbond substituents is 1. The van der Waals surface area contributed by atoms with E-state index in [0.717, 1.165) is 6.07 Å². The highest BCUT2D eigenvalue weighted by atomic mass is 19.4. The van der Waals surface area contributed by atoms with E-state index in [-0.39, 0.29) is 22.6 Å². The normalized spacial score (nSPS) is 11.8. The summed E-state index contributed by atoms with van der Waals surface area (Å²) in [5, 5.41) is 10.5. The Hall–Kier alpha value is -2.83. The van der Waals surface area contributed by atoms with Crippen LogP contribution in [0.5, 0.6) is 5.75 Å². The highest BCUT2D eigenvalue weighted by molar-refractivity contribution is 5.87. The first kappa shape index (κ1) is 14.1. The number of phenols is 1. The number of hydrogen-bond donors (Lipinski definition) is 2. The minimum Gasteiger partial charge on any atom is -0.507 e. The topological polar surface area (TPSA) is 66.0 Å². The summed E-state index contributed by atoms with van der Waals surface area (Å²) < 4.78 is 39.2. The van der Waals surface area contributed by atoms with E-state index < -0.39 is 11.7 Å². The second-order valence-electron chi connectivity index (χ2n) is 4.68. The zero-order chi connectivity index (χ0) is 15.9. The molecule has 3 aromatic rings. The molecule has 2 heterocycles. The van der Waals surface area contributed by atoms with Gasteiger partial charge in [0.05, 0.1) is 11.3 Å². The summed E-state index contributed by atoms with van der Waals surface area (Å²) in [6.45, 7) is 0. The maximum Gasteiger partial charge on any atom is 0.418 e. The number of H-pyrrole nitrogens is 1. The number of nitrogens with zero attached hydrogens (tertiary/aromatic N) is 1. The zero-order valence-electron chi connectivity index (χ0n) is 11.0. The Bertz CT molecular complexity index is 917. The number of aromatic amines is 1. The van der Waals surface area contributed by atoms with Gasteiger partial charge in [0, 0.05) is 28.7 Å². The van der Waals surface area contributed by atoms with E-state index in [1.807, 2.05) is 0 Å². The third kappa shape index (κ3) is 2.41. The van der Waals surface area contributed by atoms with Gasteiger partial charge in [0.2, 0.25) is 5.56 Å². The SMILES string of the molecule is O=c1ccc2cc(O)c(-c3ncccc3C(F)(F)F)cc2[nH]1. The smallest absolute Gasteiger partial charge is 0.418 e. The van der Waals surface area contributed by atoms with Crippen LogP contribution >= 0.6 is 0 Å². The van der Waals surface area contributed by atoms with Crippen LogP contribution in [0.3, 0.4) is 0 Å². The Morgan fingerprint density at radius 1 is 1.14 bits per heavy atom. The molecule has 0 unspecified atom stereocenters. The lowest BCUT2D eigenvalue weighted by Gasteiger charge is -2.13. The van der Waals surface area contributed by atoms with Crippen molar-refractivity contribution in [2.24, 2.45) is 0 Å². The molecule has 7 heteroatoms. The molecule has 112 valence electrons. The van der Waals surface area contributed by atoms with Gasteiger partial charge in [-0.15, -0.1) is 0 Å². The second kappa shape index (κ2) is 4.87. The third-order valence-corrected chi connectivity index (χ3v) is 3.21. The maximum atomic E-state index is 13.1. The van der Waals surface area contributed by atoms with Gasteiger partial charge in [0.25, 0.3) is 0 Å². The van der Waals surface area contributed by atoms with E-state index in [1.165, 1.54) is 36.5 Å². The van der Waals surface area contributed by atoms with Crippen molar-refractivity contribution in [3.8, 4) is 17.0 Å². The van der Waals surface area contributed by atoms with E-state index >= 15 is 0 Å². The van der Waals surface area contributed by atoms with Crippen molar-refractivity contribution in [3.05, 3.63) is 58.5 Å². The average molecular weight is 306 g/mol. The van der Waals surface area contributed by atoms with E-state index in [1.54, 1.807) is 0 Å². The molecule has 0 aliphatic carbocycles. The van der Waals surface area contributed by atoms with Crippen LogP contribution in [-0.4, -0.2) is 15.1 Å². The second-order valence-corrected chi connectivity index (χ2v) is 4.68.